The smallest absolute Gasteiger partial charge is 0.184 e. The van der Waals surface area contributed by atoms with Gasteiger partial charge in [0.2, 0.25) is 0 Å². The zero-order valence-corrected chi connectivity index (χ0v) is 14.9. The van der Waals surface area contributed by atoms with Crippen molar-refractivity contribution < 1.29 is 28.8 Å². The van der Waals surface area contributed by atoms with Crippen LogP contribution in [0.1, 0.15) is 25.7 Å². The quantitative estimate of drug-likeness (QED) is 0.486. The second-order valence-electron chi connectivity index (χ2n) is 6.45. The number of hydrogen-bond acceptors (Lipinski definition) is 7. The summed E-state index contributed by atoms with van der Waals surface area (Å²) in [6, 6.07) is 6.36. The third-order valence-corrected chi connectivity index (χ3v) is 4.31. The summed E-state index contributed by atoms with van der Waals surface area (Å²) in [6.45, 7) is 3.89. The van der Waals surface area contributed by atoms with E-state index in [0.717, 1.165) is 11.3 Å². The number of nitrogens with zero attached hydrogens (tertiary/aromatic N) is 3. The van der Waals surface area contributed by atoms with Crippen LogP contribution in [0.4, 0.5) is 0 Å². The van der Waals surface area contributed by atoms with Gasteiger partial charge < -0.3 is 28.8 Å². The molecule has 3 unspecified atom stereocenters. The molecule has 1 N–H and O–H groups in total. The zero-order valence-electron chi connectivity index (χ0n) is 14.9. The van der Waals surface area contributed by atoms with Crippen LogP contribution in [0.15, 0.2) is 29.4 Å². The fourth-order valence-electron chi connectivity index (χ4n) is 3.07. The first-order valence-corrected chi connectivity index (χ1v) is 8.47. The van der Waals surface area contributed by atoms with Crippen LogP contribution in [0, 0.1) is 0 Å². The average molecular weight is 365 g/mol. The molecule has 2 fully saturated rings. The van der Waals surface area contributed by atoms with Gasteiger partial charge in [-0.05, 0) is 31.5 Å². The molecular weight excluding hydrogens is 342 g/mol. The topological polar surface area (TPSA) is 115 Å². The van der Waals surface area contributed by atoms with Gasteiger partial charge in [0.25, 0.3) is 0 Å². The maximum atomic E-state index is 10.7. The van der Waals surface area contributed by atoms with E-state index in [1.165, 1.54) is 0 Å². The van der Waals surface area contributed by atoms with Crippen molar-refractivity contribution in [2.24, 2.45) is 5.11 Å². The van der Waals surface area contributed by atoms with Crippen molar-refractivity contribution in [1.82, 2.24) is 0 Å². The van der Waals surface area contributed by atoms with E-state index in [0.29, 0.717) is 0 Å². The van der Waals surface area contributed by atoms with Crippen LogP contribution >= 0.6 is 0 Å². The highest BCUT2D eigenvalue weighted by atomic mass is 16.7. The highest BCUT2D eigenvalue weighted by Gasteiger charge is 2.49. The Hall–Kier alpha value is -1.87. The van der Waals surface area contributed by atoms with Gasteiger partial charge in [-0.3, -0.25) is 0 Å². The molecule has 0 radical (unpaired) electrons. The molecule has 0 bridgehead atoms. The highest BCUT2D eigenvalue weighted by molar-refractivity contribution is 5.28. The SMILES string of the molecule is COc1ccc(C2OCC3O[C@@H](OC(C)C)C(N=[N+]=[N-])[C@@H](O)[C@@H]3O2)cc1. The van der Waals surface area contributed by atoms with Crippen molar-refractivity contribution in [1.29, 1.82) is 0 Å². The monoisotopic (exact) mass is 365 g/mol. The minimum absolute atomic E-state index is 0.155. The van der Waals surface area contributed by atoms with Crippen molar-refractivity contribution in [2.75, 3.05) is 13.7 Å². The molecule has 2 aliphatic rings. The van der Waals surface area contributed by atoms with Crippen molar-refractivity contribution in [3.63, 3.8) is 0 Å². The Balaban J connectivity index is 1.75. The largest absolute Gasteiger partial charge is 0.497 e. The molecule has 2 aliphatic heterocycles. The Morgan fingerprint density at radius 1 is 1.27 bits per heavy atom. The van der Waals surface area contributed by atoms with Crippen LogP contribution in [-0.2, 0) is 18.9 Å². The molecule has 2 saturated heterocycles. The van der Waals surface area contributed by atoms with Gasteiger partial charge in [-0.1, -0.05) is 17.2 Å². The Morgan fingerprint density at radius 2 is 2.00 bits per heavy atom. The van der Waals surface area contributed by atoms with E-state index in [2.05, 4.69) is 10.0 Å². The van der Waals surface area contributed by atoms with Crippen LogP contribution < -0.4 is 4.74 Å². The molecule has 3 rings (SSSR count). The number of aliphatic hydroxyl groups is 1. The molecule has 0 saturated carbocycles. The number of rotatable bonds is 5. The number of benzene rings is 1. The molecule has 1 aromatic carbocycles. The maximum absolute atomic E-state index is 10.7. The van der Waals surface area contributed by atoms with Gasteiger partial charge in [-0.25, -0.2) is 0 Å². The average Bonchev–Trinajstić information content (AvgIpc) is 2.64. The van der Waals surface area contributed by atoms with Gasteiger partial charge >= 0.3 is 0 Å². The maximum Gasteiger partial charge on any atom is 0.184 e. The first-order valence-electron chi connectivity index (χ1n) is 8.47. The summed E-state index contributed by atoms with van der Waals surface area (Å²) in [5, 5.41) is 14.4. The van der Waals surface area contributed by atoms with Gasteiger partial charge in [0, 0.05) is 10.5 Å². The van der Waals surface area contributed by atoms with E-state index >= 15 is 0 Å². The fraction of sp³-hybridized carbons (Fsp3) is 0.647. The second-order valence-corrected chi connectivity index (χ2v) is 6.45. The lowest BCUT2D eigenvalue weighted by molar-refractivity contribution is -0.345. The number of aliphatic hydroxyl groups excluding tert-OH is 1. The summed E-state index contributed by atoms with van der Waals surface area (Å²) >= 11 is 0. The molecule has 9 heteroatoms. The van der Waals surface area contributed by atoms with Crippen molar-refractivity contribution in [2.45, 2.75) is 56.9 Å². The number of ether oxygens (including phenoxy) is 5. The third-order valence-electron chi connectivity index (χ3n) is 4.31. The highest BCUT2D eigenvalue weighted by Crippen LogP contribution is 2.36. The Morgan fingerprint density at radius 3 is 2.62 bits per heavy atom. The van der Waals surface area contributed by atoms with Gasteiger partial charge in [0.15, 0.2) is 12.6 Å². The van der Waals surface area contributed by atoms with Gasteiger partial charge in [0.05, 0.1) is 25.9 Å². The van der Waals surface area contributed by atoms with Gasteiger partial charge in [-0.2, -0.15) is 0 Å². The lowest BCUT2D eigenvalue weighted by Gasteiger charge is -2.46. The number of hydrogen-bond donors (Lipinski definition) is 1. The minimum atomic E-state index is -1.07. The molecule has 142 valence electrons. The predicted molar refractivity (Wildman–Crippen MR) is 90.4 cm³/mol. The molecule has 6 atom stereocenters. The fourth-order valence-corrected chi connectivity index (χ4v) is 3.07. The zero-order chi connectivity index (χ0) is 18.7. The first-order chi connectivity index (χ1) is 12.5. The third kappa shape index (κ3) is 3.93. The van der Waals surface area contributed by atoms with Crippen LogP contribution in [-0.4, -0.2) is 55.6 Å². The molecule has 1 aromatic rings. The molecule has 2 heterocycles. The second kappa shape index (κ2) is 8.22. The summed E-state index contributed by atoms with van der Waals surface area (Å²) in [4.78, 5) is 2.81. The molecular formula is C17H23N3O6. The molecule has 9 nitrogen and oxygen atoms in total. The standard InChI is InChI=1S/C17H23N3O6/c1-9(2)24-17-13(19-20-18)14(21)15-12(25-17)8-23-16(26-15)10-4-6-11(22-3)7-5-10/h4-7,9,12-17,21H,8H2,1-3H3/t12?,13?,14-,15-,16?,17-/m1/s1. The van der Waals surface area contributed by atoms with Gasteiger partial charge in [-0.15, -0.1) is 0 Å². The van der Waals surface area contributed by atoms with E-state index in [4.69, 9.17) is 29.2 Å². The molecule has 0 spiro atoms. The first kappa shape index (κ1) is 18.9. The normalized spacial score (nSPS) is 34.0. The summed E-state index contributed by atoms with van der Waals surface area (Å²) in [6.07, 6.45) is -3.95. The van der Waals surface area contributed by atoms with Crippen LogP contribution in [0.5, 0.6) is 5.75 Å². The van der Waals surface area contributed by atoms with Crippen molar-refractivity contribution in [3.05, 3.63) is 40.3 Å². The Labute approximate surface area is 151 Å². The van der Waals surface area contributed by atoms with E-state index in [1.54, 1.807) is 19.2 Å². The van der Waals surface area contributed by atoms with Crippen LogP contribution in [0.25, 0.3) is 10.4 Å². The molecule has 26 heavy (non-hydrogen) atoms. The summed E-state index contributed by atoms with van der Waals surface area (Å²) in [5.41, 5.74) is 9.61. The van der Waals surface area contributed by atoms with Crippen LogP contribution in [0.2, 0.25) is 0 Å². The number of azide groups is 1. The lowest BCUT2D eigenvalue weighted by Crippen LogP contribution is -2.61. The Kier molecular flexibility index (Phi) is 5.98. The van der Waals surface area contributed by atoms with E-state index in [1.807, 2.05) is 26.0 Å². The van der Waals surface area contributed by atoms with Crippen LogP contribution in [0.3, 0.4) is 0 Å². The molecule has 0 aliphatic carbocycles. The summed E-state index contributed by atoms with van der Waals surface area (Å²) in [7, 11) is 1.59. The predicted octanol–water partition coefficient (Wildman–Crippen LogP) is 2.30. The summed E-state index contributed by atoms with van der Waals surface area (Å²) < 4.78 is 28.3. The van der Waals surface area contributed by atoms with Crippen molar-refractivity contribution in [3.8, 4) is 5.75 Å². The number of methoxy groups -OCH3 is 1. The van der Waals surface area contributed by atoms with Gasteiger partial charge in [0.1, 0.15) is 24.0 Å². The lowest BCUT2D eigenvalue weighted by atomic mass is 9.96. The minimum Gasteiger partial charge on any atom is -0.497 e. The Bertz CT molecular complexity index is 648. The van der Waals surface area contributed by atoms with E-state index in [9.17, 15) is 5.11 Å². The molecule has 0 amide bonds. The van der Waals surface area contributed by atoms with E-state index < -0.39 is 36.9 Å². The van der Waals surface area contributed by atoms with E-state index in [-0.39, 0.29) is 12.7 Å². The number of fused-ring (bicyclic) bond motifs is 1. The summed E-state index contributed by atoms with van der Waals surface area (Å²) in [5.74, 6) is 0.723. The molecule has 0 aromatic heterocycles. The van der Waals surface area contributed by atoms with Crippen molar-refractivity contribution >= 4 is 0 Å².